The average molecular weight is 347 g/mol. The van der Waals surface area contributed by atoms with Gasteiger partial charge in [-0.1, -0.05) is 28.1 Å². The minimum atomic E-state index is -0.124. The van der Waals surface area contributed by atoms with Crippen LogP contribution in [0.3, 0.4) is 0 Å². The van der Waals surface area contributed by atoms with Gasteiger partial charge in [-0.15, -0.1) is 0 Å². The van der Waals surface area contributed by atoms with Gasteiger partial charge in [-0.05, 0) is 42.8 Å². The molecule has 1 unspecified atom stereocenters. The number of benzene rings is 2. The van der Waals surface area contributed by atoms with Gasteiger partial charge in [-0.3, -0.25) is 4.79 Å². The molecule has 1 atom stereocenters. The van der Waals surface area contributed by atoms with Crippen LogP contribution in [0.15, 0.2) is 46.9 Å². The summed E-state index contributed by atoms with van der Waals surface area (Å²) < 4.78 is 6.41. The first-order valence-corrected chi connectivity index (χ1v) is 7.50. The number of ether oxygens (including phenoxy) is 1. The lowest BCUT2D eigenvalue weighted by atomic mass is 10.1. The summed E-state index contributed by atoms with van der Waals surface area (Å²) in [6.07, 6.45) is 0. The van der Waals surface area contributed by atoms with Crippen LogP contribution >= 0.6 is 15.9 Å². The zero-order valence-corrected chi connectivity index (χ0v) is 13.1. The maximum atomic E-state index is 11.4. The van der Waals surface area contributed by atoms with E-state index >= 15 is 0 Å². The Labute approximate surface area is 131 Å². The molecule has 108 valence electrons. The summed E-state index contributed by atoms with van der Waals surface area (Å²) in [7, 11) is 0. The molecule has 1 amide bonds. The van der Waals surface area contributed by atoms with Crippen molar-refractivity contribution < 1.29 is 9.53 Å². The SMILES string of the molecule is CC(Nc1ccc2c(c1)NC(=O)CO2)c1ccc(Br)cc1. The van der Waals surface area contributed by atoms with E-state index in [-0.39, 0.29) is 18.6 Å². The van der Waals surface area contributed by atoms with Crippen molar-refractivity contribution in [2.75, 3.05) is 17.2 Å². The number of nitrogens with one attached hydrogen (secondary N) is 2. The predicted octanol–water partition coefficient (Wildman–Crippen LogP) is 3.95. The molecule has 0 saturated heterocycles. The number of carbonyl (C=O) groups is 1. The second-order valence-electron chi connectivity index (χ2n) is 4.97. The second-order valence-corrected chi connectivity index (χ2v) is 5.88. The topological polar surface area (TPSA) is 50.4 Å². The molecule has 1 aliphatic rings. The highest BCUT2D eigenvalue weighted by Crippen LogP contribution is 2.31. The van der Waals surface area contributed by atoms with E-state index in [0.29, 0.717) is 11.4 Å². The molecule has 5 heteroatoms. The van der Waals surface area contributed by atoms with E-state index in [2.05, 4.69) is 45.6 Å². The van der Waals surface area contributed by atoms with Gasteiger partial charge in [0.25, 0.3) is 5.91 Å². The molecule has 0 aromatic heterocycles. The molecule has 2 aromatic carbocycles. The Bertz CT molecular complexity index is 670. The van der Waals surface area contributed by atoms with Gasteiger partial charge in [0.2, 0.25) is 0 Å². The van der Waals surface area contributed by atoms with Crippen LogP contribution in [0.1, 0.15) is 18.5 Å². The molecule has 0 spiro atoms. The van der Waals surface area contributed by atoms with E-state index in [1.807, 2.05) is 30.3 Å². The van der Waals surface area contributed by atoms with Crippen LogP contribution in [0, 0.1) is 0 Å². The van der Waals surface area contributed by atoms with Crippen LogP contribution in [-0.4, -0.2) is 12.5 Å². The number of hydrogen-bond acceptors (Lipinski definition) is 3. The first-order valence-electron chi connectivity index (χ1n) is 6.70. The molecule has 1 aliphatic heterocycles. The second kappa shape index (κ2) is 5.77. The number of fused-ring (bicyclic) bond motifs is 1. The Balaban J connectivity index is 1.77. The van der Waals surface area contributed by atoms with E-state index in [1.165, 1.54) is 5.56 Å². The van der Waals surface area contributed by atoms with Gasteiger partial charge in [-0.25, -0.2) is 0 Å². The molecule has 2 N–H and O–H groups in total. The summed E-state index contributed by atoms with van der Waals surface area (Å²) in [5.74, 6) is 0.581. The van der Waals surface area contributed by atoms with E-state index < -0.39 is 0 Å². The van der Waals surface area contributed by atoms with Gasteiger partial charge in [0.1, 0.15) is 5.75 Å². The van der Waals surface area contributed by atoms with Crippen molar-refractivity contribution in [2.45, 2.75) is 13.0 Å². The van der Waals surface area contributed by atoms with E-state index in [0.717, 1.165) is 10.2 Å². The maximum absolute atomic E-state index is 11.4. The quantitative estimate of drug-likeness (QED) is 0.884. The van der Waals surface area contributed by atoms with Crippen LogP contribution in [-0.2, 0) is 4.79 Å². The number of carbonyl (C=O) groups excluding carboxylic acids is 1. The van der Waals surface area contributed by atoms with Gasteiger partial charge in [0.15, 0.2) is 6.61 Å². The number of hydrogen-bond donors (Lipinski definition) is 2. The normalized spacial score (nSPS) is 14.7. The highest BCUT2D eigenvalue weighted by Gasteiger charge is 2.16. The maximum Gasteiger partial charge on any atom is 0.262 e. The van der Waals surface area contributed by atoms with Crippen LogP contribution in [0.5, 0.6) is 5.75 Å². The number of halogens is 1. The van der Waals surface area contributed by atoms with Crippen molar-refractivity contribution in [3.63, 3.8) is 0 Å². The molecule has 0 saturated carbocycles. The zero-order valence-electron chi connectivity index (χ0n) is 11.5. The summed E-state index contributed by atoms with van der Waals surface area (Å²) in [4.78, 5) is 11.4. The number of rotatable bonds is 3. The molecule has 3 rings (SSSR count). The van der Waals surface area contributed by atoms with Crippen molar-refractivity contribution >= 4 is 33.2 Å². The van der Waals surface area contributed by atoms with Crippen LogP contribution < -0.4 is 15.4 Å². The lowest BCUT2D eigenvalue weighted by Crippen LogP contribution is -2.25. The van der Waals surface area contributed by atoms with Crippen molar-refractivity contribution in [1.82, 2.24) is 0 Å². The average Bonchev–Trinajstić information content (AvgIpc) is 2.47. The summed E-state index contributed by atoms with van der Waals surface area (Å²) >= 11 is 3.43. The zero-order chi connectivity index (χ0) is 14.8. The highest BCUT2D eigenvalue weighted by molar-refractivity contribution is 9.10. The molecule has 1 heterocycles. The minimum Gasteiger partial charge on any atom is -0.482 e. The van der Waals surface area contributed by atoms with E-state index in [9.17, 15) is 4.79 Å². The Morgan fingerprint density at radius 2 is 2.00 bits per heavy atom. The molecule has 0 bridgehead atoms. The van der Waals surface area contributed by atoms with E-state index in [4.69, 9.17) is 4.74 Å². The van der Waals surface area contributed by atoms with Gasteiger partial charge in [0.05, 0.1) is 5.69 Å². The molecular weight excluding hydrogens is 332 g/mol. The van der Waals surface area contributed by atoms with Crippen molar-refractivity contribution in [3.05, 3.63) is 52.5 Å². The molecule has 2 aromatic rings. The Morgan fingerprint density at radius 1 is 1.24 bits per heavy atom. The van der Waals surface area contributed by atoms with Gasteiger partial charge < -0.3 is 15.4 Å². The summed E-state index contributed by atoms with van der Waals surface area (Å²) in [5, 5.41) is 6.23. The molecule has 21 heavy (non-hydrogen) atoms. The fourth-order valence-electron chi connectivity index (χ4n) is 2.26. The minimum absolute atomic E-state index is 0.0784. The number of anilines is 2. The Hall–Kier alpha value is -2.01. The van der Waals surface area contributed by atoms with Crippen molar-refractivity contribution in [1.29, 1.82) is 0 Å². The summed E-state index contributed by atoms with van der Waals surface area (Å²) in [5.41, 5.74) is 2.84. The van der Waals surface area contributed by atoms with Crippen LogP contribution in [0.4, 0.5) is 11.4 Å². The smallest absolute Gasteiger partial charge is 0.262 e. The predicted molar refractivity (Wildman–Crippen MR) is 86.7 cm³/mol. The van der Waals surface area contributed by atoms with Crippen molar-refractivity contribution in [3.8, 4) is 5.75 Å². The first-order chi connectivity index (χ1) is 10.1. The Kier molecular flexibility index (Phi) is 3.84. The molecule has 0 radical (unpaired) electrons. The van der Waals surface area contributed by atoms with Gasteiger partial charge in [-0.2, -0.15) is 0 Å². The van der Waals surface area contributed by atoms with Crippen molar-refractivity contribution in [2.24, 2.45) is 0 Å². The van der Waals surface area contributed by atoms with Crippen LogP contribution in [0.25, 0.3) is 0 Å². The molecule has 0 aliphatic carbocycles. The summed E-state index contributed by atoms with van der Waals surface area (Å²) in [6, 6.07) is 14.1. The molecule has 0 fully saturated rings. The molecular formula is C16H15BrN2O2. The first kappa shape index (κ1) is 13.9. The van der Waals surface area contributed by atoms with Crippen LogP contribution in [0.2, 0.25) is 0 Å². The third-order valence-corrected chi connectivity index (χ3v) is 3.89. The lowest BCUT2D eigenvalue weighted by molar-refractivity contribution is -0.118. The largest absolute Gasteiger partial charge is 0.482 e. The summed E-state index contributed by atoms with van der Waals surface area (Å²) in [6.45, 7) is 2.17. The monoisotopic (exact) mass is 346 g/mol. The fraction of sp³-hybridized carbons (Fsp3) is 0.188. The number of amides is 1. The van der Waals surface area contributed by atoms with Gasteiger partial charge >= 0.3 is 0 Å². The standard InChI is InChI=1S/C16H15BrN2O2/c1-10(11-2-4-12(17)5-3-11)18-13-6-7-15-14(8-13)19-16(20)9-21-15/h2-8,10,18H,9H2,1H3,(H,19,20). The van der Waals surface area contributed by atoms with E-state index in [1.54, 1.807) is 0 Å². The lowest BCUT2D eigenvalue weighted by Gasteiger charge is -2.21. The Morgan fingerprint density at radius 3 is 2.76 bits per heavy atom. The van der Waals surface area contributed by atoms with Gasteiger partial charge in [0, 0.05) is 16.2 Å². The molecule has 4 nitrogen and oxygen atoms in total. The third-order valence-electron chi connectivity index (χ3n) is 3.37. The fourth-order valence-corrected chi connectivity index (χ4v) is 2.52. The third kappa shape index (κ3) is 3.19. The highest BCUT2D eigenvalue weighted by atomic mass is 79.9.